The van der Waals surface area contributed by atoms with Gasteiger partial charge in [-0.15, -0.1) is 0 Å². The molecule has 0 radical (unpaired) electrons. The summed E-state index contributed by atoms with van der Waals surface area (Å²) >= 11 is 3.31. The first-order valence-corrected chi connectivity index (χ1v) is 8.06. The Morgan fingerprint density at radius 3 is 2.64 bits per heavy atom. The lowest BCUT2D eigenvalue weighted by Crippen LogP contribution is -2.38. The van der Waals surface area contributed by atoms with E-state index in [1.165, 1.54) is 6.08 Å². The standard InChI is InChI=1S/C17H14BrN3O4/c18-12-4-2-1-3-11(12)16(22)20-13(17(23)21-19)7-10-5-6-14-15(8-10)25-9-24-14/h1-8H,9,19H2,(H,20,22)(H,21,23)/b13-7-. The molecule has 0 saturated heterocycles. The van der Waals surface area contributed by atoms with Gasteiger partial charge in [0.2, 0.25) is 6.79 Å². The number of hydrogen-bond donors (Lipinski definition) is 3. The number of carbonyl (C=O) groups excluding carboxylic acids is 2. The maximum Gasteiger partial charge on any atom is 0.281 e. The number of rotatable bonds is 4. The number of hydrogen-bond acceptors (Lipinski definition) is 5. The summed E-state index contributed by atoms with van der Waals surface area (Å²) in [5.41, 5.74) is 3.06. The van der Waals surface area contributed by atoms with Crippen molar-refractivity contribution in [2.24, 2.45) is 5.84 Å². The van der Waals surface area contributed by atoms with Gasteiger partial charge in [0.25, 0.3) is 11.8 Å². The molecule has 0 spiro atoms. The second kappa shape index (κ2) is 7.37. The number of halogens is 1. The topological polar surface area (TPSA) is 103 Å². The molecule has 0 aliphatic carbocycles. The van der Waals surface area contributed by atoms with Crippen molar-refractivity contribution in [1.29, 1.82) is 0 Å². The molecule has 4 N–H and O–H groups in total. The first-order valence-electron chi connectivity index (χ1n) is 7.26. The van der Waals surface area contributed by atoms with Gasteiger partial charge in [-0.2, -0.15) is 0 Å². The molecular formula is C17H14BrN3O4. The van der Waals surface area contributed by atoms with Crippen molar-refractivity contribution in [3.05, 3.63) is 63.8 Å². The van der Waals surface area contributed by atoms with Crippen molar-refractivity contribution >= 4 is 33.8 Å². The zero-order valence-electron chi connectivity index (χ0n) is 12.9. The summed E-state index contributed by atoms with van der Waals surface area (Å²) in [4.78, 5) is 24.4. The van der Waals surface area contributed by atoms with Crippen LogP contribution in [0.2, 0.25) is 0 Å². The molecular weight excluding hydrogens is 390 g/mol. The smallest absolute Gasteiger partial charge is 0.281 e. The number of carbonyl (C=O) groups is 2. The van der Waals surface area contributed by atoms with E-state index in [-0.39, 0.29) is 12.5 Å². The Kier molecular flexibility index (Phi) is 5.01. The van der Waals surface area contributed by atoms with E-state index in [4.69, 9.17) is 15.3 Å². The van der Waals surface area contributed by atoms with E-state index in [0.29, 0.717) is 27.1 Å². The fourth-order valence-electron chi connectivity index (χ4n) is 2.24. The van der Waals surface area contributed by atoms with Gasteiger partial charge in [0, 0.05) is 4.47 Å². The van der Waals surface area contributed by atoms with Crippen molar-refractivity contribution < 1.29 is 19.1 Å². The molecule has 0 fully saturated rings. The molecule has 0 saturated carbocycles. The number of nitrogens with one attached hydrogen (secondary N) is 2. The van der Waals surface area contributed by atoms with E-state index in [2.05, 4.69) is 21.2 Å². The molecule has 0 aromatic heterocycles. The Morgan fingerprint density at radius 1 is 1.12 bits per heavy atom. The van der Waals surface area contributed by atoms with Gasteiger partial charge in [-0.05, 0) is 51.8 Å². The number of ether oxygens (including phenoxy) is 2. The molecule has 7 nitrogen and oxygen atoms in total. The minimum atomic E-state index is -0.627. The third-order valence-corrected chi connectivity index (χ3v) is 4.14. The largest absolute Gasteiger partial charge is 0.454 e. The van der Waals surface area contributed by atoms with E-state index < -0.39 is 11.8 Å². The highest BCUT2D eigenvalue weighted by Crippen LogP contribution is 2.33. The molecule has 1 heterocycles. The molecule has 0 bridgehead atoms. The molecule has 25 heavy (non-hydrogen) atoms. The van der Waals surface area contributed by atoms with Crippen molar-refractivity contribution in [1.82, 2.24) is 10.7 Å². The minimum Gasteiger partial charge on any atom is -0.454 e. The lowest BCUT2D eigenvalue weighted by molar-refractivity contribution is -0.117. The quantitative estimate of drug-likeness (QED) is 0.313. The molecule has 2 aromatic carbocycles. The number of fused-ring (bicyclic) bond motifs is 1. The lowest BCUT2D eigenvalue weighted by Gasteiger charge is -2.10. The number of benzene rings is 2. The van der Waals surface area contributed by atoms with Gasteiger partial charge < -0.3 is 14.8 Å². The van der Waals surface area contributed by atoms with Crippen LogP contribution in [-0.4, -0.2) is 18.6 Å². The van der Waals surface area contributed by atoms with Gasteiger partial charge in [0.1, 0.15) is 5.70 Å². The van der Waals surface area contributed by atoms with E-state index in [1.807, 2.05) is 5.43 Å². The fraction of sp³-hybridized carbons (Fsp3) is 0.0588. The van der Waals surface area contributed by atoms with Gasteiger partial charge in [-0.25, -0.2) is 5.84 Å². The van der Waals surface area contributed by atoms with Crippen molar-refractivity contribution in [3.63, 3.8) is 0 Å². The van der Waals surface area contributed by atoms with Crippen LogP contribution in [-0.2, 0) is 4.79 Å². The summed E-state index contributed by atoms with van der Waals surface area (Å²) in [6.45, 7) is 0.150. The Bertz CT molecular complexity index is 867. The fourth-order valence-corrected chi connectivity index (χ4v) is 2.71. The zero-order valence-corrected chi connectivity index (χ0v) is 14.5. The number of hydrazine groups is 1. The highest BCUT2D eigenvalue weighted by molar-refractivity contribution is 9.10. The van der Waals surface area contributed by atoms with Gasteiger partial charge in [-0.1, -0.05) is 18.2 Å². The van der Waals surface area contributed by atoms with Gasteiger partial charge in [-0.3, -0.25) is 15.0 Å². The summed E-state index contributed by atoms with van der Waals surface area (Å²) in [5.74, 6) is 5.34. The highest BCUT2D eigenvalue weighted by atomic mass is 79.9. The van der Waals surface area contributed by atoms with Crippen molar-refractivity contribution in [2.75, 3.05) is 6.79 Å². The van der Waals surface area contributed by atoms with Gasteiger partial charge in [0.05, 0.1) is 5.56 Å². The zero-order chi connectivity index (χ0) is 17.8. The Labute approximate surface area is 151 Å². The molecule has 2 amide bonds. The molecule has 0 unspecified atom stereocenters. The number of amides is 2. The third-order valence-electron chi connectivity index (χ3n) is 3.45. The molecule has 128 valence electrons. The summed E-state index contributed by atoms with van der Waals surface area (Å²) in [5, 5.41) is 2.57. The molecule has 1 aliphatic rings. The highest BCUT2D eigenvalue weighted by Gasteiger charge is 2.17. The first-order chi connectivity index (χ1) is 12.1. The van der Waals surface area contributed by atoms with Crippen LogP contribution in [0.1, 0.15) is 15.9 Å². The number of nitrogens with two attached hydrogens (primary N) is 1. The molecule has 1 aliphatic heterocycles. The maximum absolute atomic E-state index is 12.4. The average molecular weight is 404 g/mol. The summed E-state index contributed by atoms with van der Waals surface area (Å²) < 4.78 is 11.2. The monoisotopic (exact) mass is 403 g/mol. The average Bonchev–Trinajstić information content (AvgIpc) is 3.08. The van der Waals surface area contributed by atoms with Crippen LogP contribution in [0, 0.1) is 0 Å². The van der Waals surface area contributed by atoms with Crippen LogP contribution in [0.25, 0.3) is 6.08 Å². The van der Waals surface area contributed by atoms with Crippen LogP contribution in [0.15, 0.2) is 52.6 Å². The maximum atomic E-state index is 12.4. The predicted octanol–water partition coefficient (Wildman–Crippen LogP) is 1.94. The normalized spacial score (nSPS) is 12.6. The first kappa shape index (κ1) is 17.0. The summed E-state index contributed by atoms with van der Waals surface area (Å²) in [6, 6.07) is 12.1. The summed E-state index contributed by atoms with van der Waals surface area (Å²) in [7, 11) is 0. The Morgan fingerprint density at radius 2 is 1.88 bits per heavy atom. The van der Waals surface area contributed by atoms with Crippen molar-refractivity contribution in [3.8, 4) is 11.5 Å². The molecule has 8 heteroatoms. The van der Waals surface area contributed by atoms with Gasteiger partial charge in [0.15, 0.2) is 11.5 Å². The Balaban J connectivity index is 1.88. The van der Waals surface area contributed by atoms with E-state index in [1.54, 1.807) is 42.5 Å². The molecule has 0 atom stereocenters. The lowest BCUT2D eigenvalue weighted by atomic mass is 10.1. The molecule has 3 rings (SSSR count). The van der Waals surface area contributed by atoms with Crippen LogP contribution in [0.4, 0.5) is 0 Å². The van der Waals surface area contributed by atoms with Crippen LogP contribution in [0.3, 0.4) is 0 Å². The van der Waals surface area contributed by atoms with Crippen LogP contribution in [0.5, 0.6) is 11.5 Å². The predicted molar refractivity (Wildman–Crippen MR) is 94.5 cm³/mol. The van der Waals surface area contributed by atoms with Crippen molar-refractivity contribution in [2.45, 2.75) is 0 Å². The summed E-state index contributed by atoms with van der Waals surface area (Å²) in [6.07, 6.45) is 1.50. The van der Waals surface area contributed by atoms with Gasteiger partial charge >= 0.3 is 0 Å². The van der Waals surface area contributed by atoms with Crippen LogP contribution < -0.4 is 26.1 Å². The van der Waals surface area contributed by atoms with E-state index >= 15 is 0 Å². The SMILES string of the molecule is NNC(=O)/C(=C/c1ccc2c(c1)OCO2)NC(=O)c1ccccc1Br. The minimum absolute atomic E-state index is 0.00196. The Hall–Kier alpha value is -2.84. The molecule has 2 aromatic rings. The second-order valence-corrected chi connectivity index (χ2v) is 5.93. The van der Waals surface area contributed by atoms with E-state index in [0.717, 1.165) is 0 Å². The second-order valence-electron chi connectivity index (χ2n) is 5.08. The van der Waals surface area contributed by atoms with E-state index in [9.17, 15) is 9.59 Å². The van der Waals surface area contributed by atoms with Crippen LogP contribution >= 0.6 is 15.9 Å². The third kappa shape index (κ3) is 3.81.